The van der Waals surface area contributed by atoms with Gasteiger partial charge in [0.2, 0.25) is 0 Å². The van der Waals surface area contributed by atoms with Gasteiger partial charge in [-0.3, -0.25) is 9.59 Å². The first kappa shape index (κ1) is 17.9. The molecule has 3 heterocycles. The monoisotopic (exact) mass is 382 g/mol. The van der Waals surface area contributed by atoms with Crippen LogP contribution in [0.1, 0.15) is 59.0 Å². The summed E-state index contributed by atoms with van der Waals surface area (Å²) in [5.74, 6) is -1.30. The Hall–Kier alpha value is -1.90. The van der Waals surface area contributed by atoms with E-state index in [2.05, 4.69) is 5.10 Å². The second kappa shape index (κ2) is 5.55. The Labute approximate surface area is 153 Å². The molecule has 0 bridgehead atoms. The molecule has 0 spiro atoms. The molecule has 2 amide bonds. The molecule has 7 nitrogen and oxygen atoms in total. The summed E-state index contributed by atoms with van der Waals surface area (Å²) in [4.78, 5) is 24.5. The molecule has 4 N–H and O–H groups in total. The van der Waals surface area contributed by atoms with Crippen LogP contribution in [0.3, 0.4) is 0 Å². The van der Waals surface area contributed by atoms with Gasteiger partial charge in [-0.1, -0.05) is 11.6 Å². The minimum absolute atomic E-state index is 0.0562. The molecule has 0 atom stereocenters. The molecule has 1 aliphatic rings. The normalized spacial score (nSPS) is 18.0. The molecule has 0 unspecified atom stereocenters. The number of halogens is 1. The number of nitrogens with zero attached hydrogens (tertiary/aromatic N) is 2. The number of carbonyl (C=O) groups is 2. The van der Waals surface area contributed by atoms with Gasteiger partial charge in [-0.15, -0.1) is 11.3 Å². The van der Waals surface area contributed by atoms with Crippen LogP contribution in [0.5, 0.6) is 0 Å². The molecular formula is C16H19ClN4O3S. The molecule has 0 fully saturated rings. The van der Waals surface area contributed by atoms with Gasteiger partial charge in [0.15, 0.2) is 5.69 Å². The van der Waals surface area contributed by atoms with E-state index in [1.165, 1.54) is 22.2 Å². The van der Waals surface area contributed by atoms with Crippen LogP contribution in [0.2, 0.25) is 5.02 Å². The lowest BCUT2D eigenvalue weighted by Gasteiger charge is -2.41. The van der Waals surface area contributed by atoms with Crippen LogP contribution in [-0.2, 0) is 16.8 Å². The number of aromatic nitrogens is 2. The second-order valence-electron chi connectivity index (χ2n) is 7.14. The van der Waals surface area contributed by atoms with Crippen molar-refractivity contribution in [2.75, 3.05) is 0 Å². The van der Waals surface area contributed by atoms with Gasteiger partial charge in [-0.05, 0) is 33.3 Å². The molecule has 25 heavy (non-hydrogen) atoms. The standard InChI is InChI=1S/C16H19ClN4O3S/c1-15(2)5-7-9(12(18)22)14(25-11(7)16(3,4)24-15)21-6-8(17)10(20-21)13(19)23/h6H,5H2,1-4H3,(H2,18,22)(H2,19,23). The number of primary amides is 2. The van der Waals surface area contributed by atoms with Crippen molar-refractivity contribution in [3.05, 3.63) is 32.9 Å². The number of nitrogens with two attached hydrogens (primary N) is 2. The summed E-state index contributed by atoms with van der Waals surface area (Å²) in [6.07, 6.45) is 1.99. The Bertz CT molecular complexity index is 898. The number of carbonyl (C=O) groups excluding carboxylic acids is 2. The summed E-state index contributed by atoms with van der Waals surface area (Å²) < 4.78 is 7.55. The number of rotatable bonds is 3. The van der Waals surface area contributed by atoms with E-state index in [-0.39, 0.29) is 10.7 Å². The Balaban J connectivity index is 2.27. The van der Waals surface area contributed by atoms with Gasteiger partial charge in [0.25, 0.3) is 11.8 Å². The van der Waals surface area contributed by atoms with Gasteiger partial charge in [-0.2, -0.15) is 5.10 Å². The lowest BCUT2D eigenvalue weighted by molar-refractivity contribution is -0.135. The number of fused-ring (bicyclic) bond motifs is 1. The van der Waals surface area contributed by atoms with Crippen molar-refractivity contribution in [1.82, 2.24) is 9.78 Å². The third kappa shape index (κ3) is 2.94. The topological polar surface area (TPSA) is 113 Å². The third-order valence-corrected chi connectivity index (χ3v) is 5.83. The van der Waals surface area contributed by atoms with Crippen LogP contribution in [0.15, 0.2) is 6.20 Å². The summed E-state index contributed by atoms with van der Waals surface area (Å²) >= 11 is 7.38. The van der Waals surface area contributed by atoms with E-state index in [1.54, 1.807) is 0 Å². The zero-order valence-corrected chi connectivity index (χ0v) is 15.9. The van der Waals surface area contributed by atoms with E-state index in [1.807, 2.05) is 27.7 Å². The van der Waals surface area contributed by atoms with E-state index in [4.69, 9.17) is 27.8 Å². The van der Waals surface area contributed by atoms with Crippen molar-refractivity contribution in [2.45, 2.75) is 45.3 Å². The van der Waals surface area contributed by atoms with E-state index >= 15 is 0 Å². The van der Waals surface area contributed by atoms with Crippen LogP contribution < -0.4 is 11.5 Å². The fourth-order valence-corrected chi connectivity index (χ4v) is 4.86. The number of thiophene rings is 1. The first-order valence-electron chi connectivity index (χ1n) is 7.64. The van der Waals surface area contributed by atoms with Gasteiger partial charge in [0.1, 0.15) is 5.00 Å². The maximum atomic E-state index is 12.2. The van der Waals surface area contributed by atoms with Gasteiger partial charge < -0.3 is 16.2 Å². The Kier molecular flexibility index (Phi) is 3.98. The predicted octanol–water partition coefficient (Wildman–Crippen LogP) is 2.37. The molecule has 1 aliphatic heterocycles. The first-order valence-corrected chi connectivity index (χ1v) is 8.84. The highest BCUT2D eigenvalue weighted by Gasteiger charge is 2.43. The molecule has 2 aromatic heterocycles. The van der Waals surface area contributed by atoms with Gasteiger partial charge in [0, 0.05) is 11.3 Å². The average Bonchev–Trinajstić information content (AvgIpc) is 2.97. The number of hydrogen-bond acceptors (Lipinski definition) is 5. The lowest BCUT2D eigenvalue weighted by Crippen LogP contribution is -2.42. The van der Waals surface area contributed by atoms with E-state index in [9.17, 15) is 9.59 Å². The molecule has 0 radical (unpaired) electrons. The van der Waals surface area contributed by atoms with Crippen LogP contribution in [0.4, 0.5) is 0 Å². The van der Waals surface area contributed by atoms with Crippen LogP contribution in [-0.4, -0.2) is 27.2 Å². The minimum atomic E-state index is -0.740. The SMILES string of the molecule is CC1(C)Cc2c(sc(-n3cc(Cl)c(C(N)=O)n3)c2C(N)=O)C(C)(C)O1. The second-order valence-corrected chi connectivity index (χ2v) is 8.54. The van der Waals surface area contributed by atoms with Crippen LogP contribution in [0.25, 0.3) is 5.00 Å². The Morgan fingerprint density at radius 1 is 1.28 bits per heavy atom. The Morgan fingerprint density at radius 2 is 1.92 bits per heavy atom. The largest absolute Gasteiger partial charge is 0.365 e. The van der Waals surface area contributed by atoms with Crippen LogP contribution >= 0.6 is 22.9 Å². The molecule has 0 saturated carbocycles. The summed E-state index contributed by atoms with van der Waals surface area (Å²) in [7, 11) is 0. The molecule has 0 aromatic carbocycles. The van der Waals surface area contributed by atoms with Crippen molar-refractivity contribution in [3.8, 4) is 5.00 Å². The number of hydrogen-bond donors (Lipinski definition) is 2. The summed E-state index contributed by atoms with van der Waals surface area (Å²) in [5.41, 5.74) is 11.1. The zero-order valence-electron chi connectivity index (χ0n) is 14.3. The average molecular weight is 383 g/mol. The fraction of sp³-hybridized carbons (Fsp3) is 0.438. The summed E-state index contributed by atoms with van der Waals surface area (Å²) in [6, 6.07) is 0. The molecule has 9 heteroatoms. The van der Waals surface area contributed by atoms with Crippen LogP contribution in [0, 0.1) is 0 Å². The maximum absolute atomic E-state index is 12.2. The molecule has 134 valence electrons. The smallest absolute Gasteiger partial charge is 0.270 e. The van der Waals surface area contributed by atoms with Crippen molar-refractivity contribution in [2.24, 2.45) is 11.5 Å². The lowest BCUT2D eigenvalue weighted by atomic mass is 9.86. The molecule has 3 rings (SSSR count). The molecule has 2 aromatic rings. The predicted molar refractivity (Wildman–Crippen MR) is 95.4 cm³/mol. The maximum Gasteiger partial charge on any atom is 0.270 e. The van der Waals surface area contributed by atoms with Gasteiger partial charge >= 0.3 is 0 Å². The molecular weight excluding hydrogens is 364 g/mol. The highest BCUT2D eigenvalue weighted by Crippen LogP contribution is 2.47. The third-order valence-electron chi connectivity index (χ3n) is 4.03. The Morgan fingerprint density at radius 3 is 2.44 bits per heavy atom. The van der Waals surface area contributed by atoms with Crippen molar-refractivity contribution < 1.29 is 14.3 Å². The highest BCUT2D eigenvalue weighted by molar-refractivity contribution is 7.15. The van der Waals surface area contributed by atoms with Gasteiger partial charge in [-0.25, -0.2) is 4.68 Å². The quantitative estimate of drug-likeness (QED) is 0.848. The highest BCUT2D eigenvalue weighted by atomic mass is 35.5. The number of amides is 2. The molecule has 0 saturated heterocycles. The summed E-state index contributed by atoms with van der Waals surface area (Å²) in [6.45, 7) is 7.83. The zero-order chi connectivity index (χ0) is 18.7. The van der Waals surface area contributed by atoms with Crippen molar-refractivity contribution in [1.29, 1.82) is 0 Å². The summed E-state index contributed by atoms with van der Waals surface area (Å²) in [5, 5.41) is 4.74. The van der Waals surface area contributed by atoms with E-state index in [0.29, 0.717) is 17.0 Å². The molecule has 0 aliphatic carbocycles. The van der Waals surface area contributed by atoms with Gasteiger partial charge in [0.05, 0.1) is 28.0 Å². The first-order chi connectivity index (χ1) is 11.4. The van der Waals surface area contributed by atoms with E-state index in [0.717, 1.165) is 10.4 Å². The van der Waals surface area contributed by atoms with Crippen molar-refractivity contribution in [3.63, 3.8) is 0 Å². The van der Waals surface area contributed by atoms with Crippen molar-refractivity contribution >= 4 is 34.8 Å². The fourth-order valence-electron chi connectivity index (χ4n) is 3.35. The van der Waals surface area contributed by atoms with E-state index < -0.39 is 23.0 Å². The minimum Gasteiger partial charge on any atom is -0.365 e. The number of ether oxygens (including phenoxy) is 1.